The van der Waals surface area contributed by atoms with E-state index in [0.29, 0.717) is 23.8 Å². The van der Waals surface area contributed by atoms with Crippen molar-refractivity contribution in [1.82, 2.24) is 0 Å². The lowest BCUT2D eigenvalue weighted by Gasteiger charge is -2.24. The summed E-state index contributed by atoms with van der Waals surface area (Å²) in [6.45, 7) is 2.07. The fraction of sp³-hybridized carbons (Fsp3) is 0.316. The molecule has 1 saturated heterocycles. The van der Waals surface area contributed by atoms with Gasteiger partial charge in [-0.25, -0.2) is 4.79 Å². The average Bonchev–Trinajstić information content (AvgIpc) is 3.14. The van der Waals surface area contributed by atoms with Crippen LogP contribution in [0.3, 0.4) is 0 Å². The smallest absolute Gasteiger partial charge is 0.337 e. The summed E-state index contributed by atoms with van der Waals surface area (Å²) in [6.07, 6.45) is 2.11. The predicted molar refractivity (Wildman–Crippen MR) is 92.2 cm³/mol. The van der Waals surface area contributed by atoms with E-state index in [2.05, 4.69) is 4.90 Å². The number of anilines is 1. The van der Waals surface area contributed by atoms with Gasteiger partial charge in [0, 0.05) is 13.1 Å². The van der Waals surface area contributed by atoms with Gasteiger partial charge in [-0.3, -0.25) is 0 Å². The van der Waals surface area contributed by atoms with Crippen molar-refractivity contribution in [2.45, 2.75) is 19.4 Å². The molecule has 1 aliphatic heterocycles. The van der Waals surface area contributed by atoms with Crippen molar-refractivity contribution in [2.24, 2.45) is 0 Å². The molecule has 0 atom stereocenters. The van der Waals surface area contributed by atoms with Gasteiger partial charge in [-0.15, -0.1) is 0 Å². The van der Waals surface area contributed by atoms with Crippen molar-refractivity contribution in [3.05, 3.63) is 53.6 Å². The van der Waals surface area contributed by atoms with E-state index in [0.717, 1.165) is 31.5 Å². The van der Waals surface area contributed by atoms with Gasteiger partial charge in [-0.05, 0) is 30.5 Å². The van der Waals surface area contributed by atoms with Crippen molar-refractivity contribution in [3.8, 4) is 11.5 Å². The zero-order valence-corrected chi connectivity index (χ0v) is 13.7. The summed E-state index contributed by atoms with van der Waals surface area (Å²) in [6, 6.07) is 13.1. The Bertz CT molecular complexity index is 709. The van der Waals surface area contributed by atoms with Crippen LogP contribution in [0, 0.1) is 0 Å². The summed E-state index contributed by atoms with van der Waals surface area (Å²) in [5.74, 6) is 0.103. The number of carboxylic acid groups (broad SMARTS) is 1. The summed E-state index contributed by atoms with van der Waals surface area (Å²) in [7, 11) is 1.55. The molecule has 24 heavy (non-hydrogen) atoms. The molecule has 0 amide bonds. The first-order valence-corrected chi connectivity index (χ1v) is 8.06. The molecular weight excluding hydrogens is 306 g/mol. The van der Waals surface area contributed by atoms with Crippen LogP contribution >= 0.6 is 0 Å². The predicted octanol–water partition coefficient (Wildman–Crippen LogP) is 3.57. The van der Waals surface area contributed by atoms with E-state index in [-0.39, 0.29) is 5.56 Å². The number of hydrogen-bond acceptors (Lipinski definition) is 4. The standard InChI is InChI=1S/C19H21NO4/c1-23-18-16(24-13-14-7-3-2-4-8-14)10-9-15(19(21)22)17(18)20-11-5-6-12-20/h2-4,7-10H,5-6,11-13H2,1H3,(H,21,22). The van der Waals surface area contributed by atoms with Gasteiger partial charge in [-0.1, -0.05) is 30.3 Å². The number of aromatic carboxylic acids is 1. The van der Waals surface area contributed by atoms with Crippen molar-refractivity contribution in [1.29, 1.82) is 0 Å². The number of rotatable bonds is 6. The maximum atomic E-state index is 11.6. The fourth-order valence-corrected chi connectivity index (χ4v) is 3.03. The van der Waals surface area contributed by atoms with E-state index < -0.39 is 5.97 Å². The number of hydrogen-bond donors (Lipinski definition) is 1. The van der Waals surface area contributed by atoms with Crippen LogP contribution in [0.2, 0.25) is 0 Å². The van der Waals surface area contributed by atoms with Crippen LogP contribution < -0.4 is 14.4 Å². The van der Waals surface area contributed by atoms with Gasteiger partial charge in [-0.2, -0.15) is 0 Å². The van der Waals surface area contributed by atoms with Crippen LogP contribution in [0.1, 0.15) is 28.8 Å². The first-order chi connectivity index (χ1) is 11.7. The summed E-state index contributed by atoms with van der Waals surface area (Å²) in [5, 5.41) is 9.52. The van der Waals surface area contributed by atoms with Crippen molar-refractivity contribution in [3.63, 3.8) is 0 Å². The zero-order valence-electron chi connectivity index (χ0n) is 13.7. The quantitative estimate of drug-likeness (QED) is 0.879. The molecule has 3 rings (SSSR count). The molecule has 126 valence electrons. The molecule has 0 unspecified atom stereocenters. The van der Waals surface area contributed by atoms with E-state index in [9.17, 15) is 9.90 Å². The lowest BCUT2D eigenvalue weighted by molar-refractivity contribution is 0.0697. The first kappa shape index (κ1) is 16.2. The summed E-state index contributed by atoms with van der Waals surface area (Å²) in [5.41, 5.74) is 1.92. The lowest BCUT2D eigenvalue weighted by Crippen LogP contribution is -2.22. The summed E-state index contributed by atoms with van der Waals surface area (Å²) in [4.78, 5) is 13.7. The van der Waals surface area contributed by atoms with Crippen LogP contribution in [-0.2, 0) is 6.61 Å². The van der Waals surface area contributed by atoms with Crippen molar-refractivity contribution < 1.29 is 19.4 Å². The Labute approximate surface area is 141 Å². The van der Waals surface area contributed by atoms with Crippen molar-refractivity contribution in [2.75, 3.05) is 25.1 Å². The third-order valence-electron chi connectivity index (χ3n) is 4.19. The second kappa shape index (κ2) is 7.25. The third-order valence-corrected chi connectivity index (χ3v) is 4.19. The Morgan fingerprint density at radius 2 is 1.83 bits per heavy atom. The molecule has 1 heterocycles. The molecule has 5 heteroatoms. The third kappa shape index (κ3) is 3.30. The Hall–Kier alpha value is -2.69. The summed E-state index contributed by atoms with van der Waals surface area (Å²) >= 11 is 0. The highest BCUT2D eigenvalue weighted by molar-refractivity contribution is 5.97. The number of methoxy groups -OCH3 is 1. The SMILES string of the molecule is COc1c(OCc2ccccc2)ccc(C(=O)O)c1N1CCCC1. The molecular formula is C19H21NO4. The monoisotopic (exact) mass is 327 g/mol. The second-order valence-corrected chi connectivity index (χ2v) is 5.77. The Kier molecular flexibility index (Phi) is 4.89. The van der Waals surface area contributed by atoms with E-state index in [1.807, 2.05) is 30.3 Å². The molecule has 1 aliphatic rings. The molecule has 5 nitrogen and oxygen atoms in total. The molecule has 1 fully saturated rings. The maximum Gasteiger partial charge on any atom is 0.337 e. The highest BCUT2D eigenvalue weighted by Crippen LogP contribution is 2.42. The van der Waals surface area contributed by atoms with Gasteiger partial charge < -0.3 is 19.5 Å². The highest BCUT2D eigenvalue weighted by Gasteiger charge is 2.26. The van der Waals surface area contributed by atoms with Crippen LogP contribution in [0.5, 0.6) is 11.5 Å². The van der Waals surface area contributed by atoms with Crippen molar-refractivity contribution >= 4 is 11.7 Å². The maximum absolute atomic E-state index is 11.6. The van der Waals surface area contributed by atoms with E-state index in [4.69, 9.17) is 9.47 Å². The average molecular weight is 327 g/mol. The zero-order chi connectivity index (χ0) is 16.9. The van der Waals surface area contributed by atoms with Gasteiger partial charge in [0.05, 0.1) is 18.4 Å². The van der Waals surface area contributed by atoms with Gasteiger partial charge in [0.15, 0.2) is 11.5 Å². The molecule has 0 saturated carbocycles. The van der Waals surface area contributed by atoms with E-state index >= 15 is 0 Å². The van der Waals surface area contributed by atoms with Crippen LogP contribution in [0.15, 0.2) is 42.5 Å². The van der Waals surface area contributed by atoms with Crippen LogP contribution in [0.25, 0.3) is 0 Å². The van der Waals surface area contributed by atoms with Gasteiger partial charge >= 0.3 is 5.97 Å². The van der Waals surface area contributed by atoms with Gasteiger partial charge in [0.25, 0.3) is 0 Å². The lowest BCUT2D eigenvalue weighted by atomic mass is 10.1. The highest BCUT2D eigenvalue weighted by atomic mass is 16.5. The number of benzene rings is 2. The van der Waals surface area contributed by atoms with E-state index in [1.54, 1.807) is 19.2 Å². The molecule has 0 bridgehead atoms. The molecule has 2 aromatic carbocycles. The first-order valence-electron chi connectivity index (χ1n) is 8.06. The molecule has 2 aromatic rings. The fourth-order valence-electron chi connectivity index (χ4n) is 3.03. The molecule has 0 radical (unpaired) electrons. The molecule has 1 N–H and O–H groups in total. The Morgan fingerprint density at radius 1 is 1.12 bits per heavy atom. The topological polar surface area (TPSA) is 59.0 Å². The Balaban J connectivity index is 1.94. The van der Waals surface area contributed by atoms with Crippen LogP contribution in [-0.4, -0.2) is 31.3 Å². The largest absolute Gasteiger partial charge is 0.491 e. The molecule has 0 spiro atoms. The minimum absolute atomic E-state index is 0.251. The van der Waals surface area contributed by atoms with Crippen LogP contribution in [0.4, 0.5) is 5.69 Å². The minimum Gasteiger partial charge on any atom is -0.491 e. The minimum atomic E-state index is -0.954. The Morgan fingerprint density at radius 3 is 2.46 bits per heavy atom. The number of carbonyl (C=O) groups is 1. The van der Waals surface area contributed by atoms with Gasteiger partial charge in [0.1, 0.15) is 6.61 Å². The number of carboxylic acids is 1. The molecule has 0 aromatic heterocycles. The van der Waals surface area contributed by atoms with Gasteiger partial charge in [0.2, 0.25) is 0 Å². The normalized spacial score (nSPS) is 13.8. The van der Waals surface area contributed by atoms with E-state index in [1.165, 1.54) is 0 Å². The summed E-state index contributed by atoms with van der Waals surface area (Å²) < 4.78 is 11.4. The molecule has 0 aliphatic carbocycles. The number of nitrogens with zero attached hydrogens (tertiary/aromatic N) is 1. The number of ether oxygens (including phenoxy) is 2. The second-order valence-electron chi connectivity index (χ2n) is 5.77.